The van der Waals surface area contributed by atoms with Gasteiger partial charge in [-0.3, -0.25) is 9.89 Å². The molecule has 1 aromatic carbocycles. The number of anilines is 2. The Labute approximate surface area is 96.8 Å². The molecule has 0 radical (unpaired) electrons. The molecule has 0 aliphatic carbocycles. The molecule has 0 aliphatic rings. The van der Waals surface area contributed by atoms with Crippen LogP contribution < -0.4 is 11.1 Å². The third-order valence-corrected chi connectivity index (χ3v) is 2.25. The lowest BCUT2D eigenvalue weighted by Crippen LogP contribution is -2.13. The number of nitrogens with one attached hydrogen (secondary N) is 2. The molecule has 2 aromatic rings. The minimum atomic E-state index is -0.545. The number of aromatic amines is 1. The van der Waals surface area contributed by atoms with Crippen LogP contribution in [0.5, 0.6) is 0 Å². The molecule has 0 saturated carbocycles. The fourth-order valence-electron chi connectivity index (χ4n) is 1.40. The Bertz CT molecular complexity index is 544. The number of aryl methyl sites for hydroxylation is 1. The number of nitrogen functional groups attached to an aromatic ring is 1. The van der Waals surface area contributed by atoms with Gasteiger partial charge in [0, 0.05) is 16.8 Å². The Hall–Kier alpha value is -2.37. The number of nitrogens with two attached hydrogens (primary N) is 1. The maximum atomic E-state index is 13.1. The highest BCUT2D eigenvalue weighted by molar-refractivity contribution is 6.04. The summed E-state index contributed by atoms with van der Waals surface area (Å²) in [7, 11) is 0. The standard InChI is InChI=1S/C11H11FN4O/c1-6-5-14-16-10(6)15-11(17)7-2-8(12)4-9(13)3-7/h2-5H,13H2,1H3,(H2,14,15,16,17). The van der Waals surface area contributed by atoms with Gasteiger partial charge in [-0.15, -0.1) is 0 Å². The summed E-state index contributed by atoms with van der Waals surface area (Å²) in [4.78, 5) is 11.8. The van der Waals surface area contributed by atoms with E-state index >= 15 is 0 Å². The molecule has 0 bridgehead atoms. The third-order valence-electron chi connectivity index (χ3n) is 2.25. The molecule has 0 unspecified atom stereocenters. The Morgan fingerprint density at radius 1 is 1.47 bits per heavy atom. The molecule has 1 aromatic heterocycles. The molecule has 88 valence electrons. The first-order valence-corrected chi connectivity index (χ1v) is 4.93. The maximum absolute atomic E-state index is 13.1. The number of rotatable bonds is 2. The molecule has 1 heterocycles. The molecule has 0 fully saturated rings. The van der Waals surface area contributed by atoms with Crippen LogP contribution in [0.15, 0.2) is 24.4 Å². The van der Waals surface area contributed by atoms with Gasteiger partial charge in [-0.2, -0.15) is 5.10 Å². The van der Waals surface area contributed by atoms with Gasteiger partial charge in [-0.1, -0.05) is 0 Å². The van der Waals surface area contributed by atoms with Crippen LogP contribution in [0, 0.1) is 12.7 Å². The molecule has 0 saturated heterocycles. The number of benzene rings is 1. The molecule has 4 N–H and O–H groups in total. The first-order valence-electron chi connectivity index (χ1n) is 4.93. The lowest BCUT2D eigenvalue weighted by molar-refractivity contribution is 0.102. The van der Waals surface area contributed by atoms with Crippen LogP contribution in [0.4, 0.5) is 15.9 Å². The van der Waals surface area contributed by atoms with Gasteiger partial charge in [-0.05, 0) is 25.1 Å². The van der Waals surface area contributed by atoms with Gasteiger partial charge in [0.25, 0.3) is 5.91 Å². The molecular formula is C11H11FN4O. The number of H-pyrrole nitrogens is 1. The van der Waals surface area contributed by atoms with Crippen molar-refractivity contribution in [3.8, 4) is 0 Å². The molecule has 6 heteroatoms. The topological polar surface area (TPSA) is 83.8 Å². The van der Waals surface area contributed by atoms with Crippen molar-refractivity contribution in [3.05, 3.63) is 41.3 Å². The van der Waals surface area contributed by atoms with Crippen molar-refractivity contribution < 1.29 is 9.18 Å². The van der Waals surface area contributed by atoms with E-state index in [1.807, 2.05) is 0 Å². The first-order chi connectivity index (χ1) is 8.06. The highest BCUT2D eigenvalue weighted by Gasteiger charge is 2.10. The lowest BCUT2D eigenvalue weighted by atomic mass is 10.2. The Balaban J connectivity index is 2.23. The highest BCUT2D eigenvalue weighted by atomic mass is 19.1. The first kappa shape index (κ1) is 11.1. The van der Waals surface area contributed by atoms with Crippen molar-refractivity contribution >= 4 is 17.4 Å². The number of nitrogens with zero attached hydrogens (tertiary/aromatic N) is 1. The number of hydrogen-bond acceptors (Lipinski definition) is 3. The summed E-state index contributed by atoms with van der Waals surface area (Å²) in [6.45, 7) is 1.79. The highest BCUT2D eigenvalue weighted by Crippen LogP contribution is 2.14. The van der Waals surface area contributed by atoms with E-state index in [-0.39, 0.29) is 11.3 Å². The summed E-state index contributed by atoms with van der Waals surface area (Å²) in [5, 5.41) is 8.98. The van der Waals surface area contributed by atoms with Gasteiger partial charge >= 0.3 is 0 Å². The predicted molar refractivity (Wildman–Crippen MR) is 62.1 cm³/mol. The van der Waals surface area contributed by atoms with E-state index in [0.29, 0.717) is 5.82 Å². The predicted octanol–water partition coefficient (Wildman–Crippen LogP) is 1.69. The van der Waals surface area contributed by atoms with Gasteiger partial charge in [-0.25, -0.2) is 4.39 Å². The lowest BCUT2D eigenvalue weighted by Gasteiger charge is -2.05. The molecule has 5 nitrogen and oxygen atoms in total. The molecule has 0 atom stereocenters. The van der Waals surface area contributed by atoms with Gasteiger partial charge in [0.05, 0.1) is 6.20 Å². The number of carbonyl (C=O) groups excluding carboxylic acids is 1. The van der Waals surface area contributed by atoms with Crippen molar-refractivity contribution in [3.63, 3.8) is 0 Å². The van der Waals surface area contributed by atoms with Crippen LogP contribution in [-0.2, 0) is 0 Å². The largest absolute Gasteiger partial charge is 0.399 e. The second-order valence-corrected chi connectivity index (χ2v) is 3.66. The van der Waals surface area contributed by atoms with Crippen LogP contribution in [0.25, 0.3) is 0 Å². The zero-order valence-corrected chi connectivity index (χ0v) is 9.12. The number of amides is 1. The zero-order valence-electron chi connectivity index (χ0n) is 9.12. The van der Waals surface area contributed by atoms with Crippen LogP contribution in [0.1, 0.15) is 15.9 Å². The van der Waals surface area contributed by atoms with Crippen molar-refractivity contribution in [2.45, 2.75) is 6.92 Å². The maximum Gasteiger partial charge on any atom is 0.256 e. The van der Waals surface area contributed by atoms with Gasteiger partial charge in [0.1, 0.15) is 11.6 Å². The number of carbonyl (C=O) groups is 1. The Kier molecular flexibility index (Phi) is 2.78. The normalized spacial score (nSPS) is 10.2. The zero-order chi connectivity index (χ0) is 12.4. The second kappa shape index (κ2) is 4.25. The average Bonchev–Trinajstić information content (AvgIpc) is 2.63. The molecule has 0 spiro atoms. The van der Waals surface area contributed by atoms with E-state index in [1.165, 1.54) is 6.07 Å². The molecule has 1 amide bonds. The minimum absolute atomic E-state index is 0.163. The number of halogens is 1. The smallest absolute Gasteiger partial charge is 0.256 e. The Morgan fingerprint density at radius 3 is 2.82 bits per heavy atom. The second-order valence-electron chi connectivity index (χ2n) is 3.66. The van der Waals surface area contributed by atoms with Crippen molar-refractivity contribution in [1.29, 1.82) is 0 Å². The summed E-state index contributed by atoms with van der Waals surface area (Å²) >= 11 is 0. The average molecular weight is 234 g/mol. The van der Waals surface area contributed by atoms with E-state index in [4.69, 9.17) is 5.73 Å². The fourth-order valence-corrected chi connectivity index (χ4v) is 1.40. The van der Waals surface area contributed by atoms with Crippen LogP contribution in [0.2, 0.25) is 0 Å². The molecule has 0 aliphatic heterocycles. The van der Waals surface area contributed by atoms with Crippen LogP contribution in [0.3, 0.4) is 0 Å². The summed E-state index contributed by atoms with van der Waals surface area (Å²) in [6, 6.07) is 3.68. The Morgan fingerprint density at radius 2 is 2.24 bits per heavy atom. The van der Waals surface area contributed by atoms with E-state index in [0.717, 1.165) is 17.7 Å². The van der Waals surface area contributed by atoms with Crippen LogP contribution in [-0.4, -0.2) is 16.1 Å². The SMILES string of the molecule is Cc1cn[nH]c1NC(=O)c1cc(N)cc(F)c1. The fraction of sp³-hybridized carbons (Fsp3) is 0.0909. The molecular weight excluding hydrogens is 223 g/mol. The number of aromatic nitrogens is 2. The molecule has 17 heavy (non-hydrogen) atoms. The van der Waals surface area contributed by atoms with Crippen molar-refractivity contribution in [2.24, 2.45) is 0 Å². The van der Waals surface area contributed by atoms with Crippen molar-refractivity contribution in [2.75, 3.05) is 11.1 Å². The van der Waals surface area contributed by atoms with E-state index in [1.54, 1.807) is 13.1 Å². The monoisotopic (exact) mass is 234 g/mol. The van der Waals surface area contributed by atoms with Crippen molar-refractivity contribution in [1.82, 2.24) is 10.2 Å². The minimum Gasteiger partial charge on any atom is -0.399 e. The quantitative estimate of drug-likeness (QED) is 0.691. The summed E-state index contributed by atoms with van der Waals surface area (Å²) in [5.41, 5.74) is 6.62. The van der Waals surface area contributed by atoms with Crippen LogP contribution >= 0.6 is 0 Å². The van der Waals surface area contributed by atoms with Gasteiger partial charge in [0.15, 0.2) is 0 Å². The molecule has 2 rings (SSSR count). The summed E-state index contributed by atoms with van der Waals surface area (Å²) in [6.07, 6.45) is 1.58. The van der Waals surface area contributed by atoms with E-state index in [9.17, 15) is 9.18 Å². The van der Waals surface area contributed by atoms with E-state index < -0.39 is 11.7 Å². The third kappa shape index (κ3) is 2.41. The number of hydrogen-bond donors (Lipinski definition) is 3. The van der Waals surface area contributed by atoms with E-state index in [2.05, 4.69) is 15.5 Å². The van der Waals surface area contributed by atoms with Gasteiger partial charge in [0.2, 0.25) is 0 Å². The van der Waals surface area contributed by atoms with Gasteiger partial charge < -0.3 is 11.1 Å². The summed E-state index contributed by atoms with van der Waals surface area (Å²) < 4.78 is 13.1. The summed E-state index contributed by atoms with van der Waals surface area (Å²) in [5.74, 6) is -0.502.